The second-order valence-electron chi connectivity index (χ2n) is 5.17. The first-order valence-corrected chi connectivity index (χ1v) is 8.08. The topological polar surface area (TPSA) is 58.6 Å². The van der Waals surface area contributed by atoms with Crippen molar-refractivity contribution in [3.63, 3.8) is 0 Å². The molecule has 0 aromatic heterocycles. The van der Waals surface area contributed by atoms with E-state index in [0.29, 0.717) is 0 Å². The molecule has 0 saturated carbocycles. The summed E-state index contributed by atoms with van der Waals surface area (Å²) in [5.41, 5.74) is 3.57. The molecule has 0 bridgehead atoms. The molecule has 4 nitrogen and oxygen atoms in total. The summed E-state index contributed by atoms with van der Waals surface area (Å²) in [6.07, 6.45) is 0. The van der Waals surface area contributed by atoms with Crippen LogP contribution < -0.4 is 43.5 Å². The van der Waals surface area contributed by atoms with Crippen LogP contribution in [0, 0.1) is 27.7 Å². The molecule has 22 heavy (non-hydrogen) atoms. The molecule has 0 aliphatic heterocycles. The molecule has 0 spiro atoms. The van der Waals surface area contributed by atoms with Crippen LogP contribution in [-0.4, -0.2) is 0 Å². The minimum Gasteiger partial charge on any atom is -0.736 e. The van der Waals surface area contributed by atoms with Crippen LogP contribution in [0.3, 0.4) is 0 Å². The van der Waals surface area contributed by atoms with Gasteiger partial charge in [-0.3, -0.25) is 0 Å². The monoisotopic (exact) mass is 328 g/mol. The van der Waals surface area contributed by atoms with Crippen LogP contribution in [-0.2, 0) is 4.57 Å². The van der Waals surface area contributed by atoms with Crippen LogP contribution in [0.2, 0.25) is 0 Å². The number of phosphoric ester groups is 1. The van der Waals surface area contributed by atoms with Gasteiger partial charge in [-0.1, -0.05) is 35.4 Å². The van der Waals surface area contributed by atoms with Gasteiger partial charge in [-0.25, -0.2) is 4.57 Å². The van der Waals surface area contributed by atoms with E-state index in [9.17, 15) is 9.46 Å². The summed E-state index contributed by atoms with van der Waals surface area (Å²) in [5.74, 6) is 0.562. The Morgan fingerprint density at radius 2 is 1.18 bits per heavy atom. The van der Waals surface area contributed by atoms with Crippen molar-refractivity contribution in [3.8, 4) is 11.5 Å². The molecule has 2 aromatic rings. The van der Waals surface area contributed by atoms with Crippen molar-refractivity contribution >= 4 is 7.82 Å². The maximum atomic E-state index is 12.0. The van der Waals surface area contributed by atoms with Crippen molar-refractivity contribution < 1.29 is 48.1 Å². The zero-order valence-corrected chi connectivity index (χ0v) is 16.4. The largest absolute Gasteiger partial charge is 1.00 e. The summed E-state index contributed by atoms with van der Waals surface area (Å²) >= 11 is 0. The van der Waals surface area contributed by atoms with E-state index in [4.69, 9.17) is 9.05 Å². The van der Waals surface area contributed by atoms with Gasteiger partial charge >= 0.3 is 37.4 Å². The Morgan fingerprint density at radius 1 is 0.818 bits per heavy atom. The van der Waals surface area contributed by atoms with Gasteiger partial charge in [0.1, 0.15) is 11.5 Å². The summed E-state index contributed by atoms with van der Waals surface area (Å²) in [7, 11) is -4.47. The number of benzene rings is 2. The van der Waals surface area contributed by atoms with Crippen LogP contribution in [0.15, 0.2) is 36.4 Å². The van der Waals surface area contributed by atoms with Gasteiger partial charge in [0.15, 0.2) is 0 Å². The zero-order chi connectivity index (χ0) is 15.6. The third kappa shape index (κ3) is 5.15. The van der Waals surface area contributed by atoms with Gasteiger partial charge in [-0.2, -0.15) is 0 Å². The number of hydrogen-bond acceptors (Lipinski definition) is 4. The smallest absolute Gasteiger partial charge is 0.736 e. The van der Waals surface area contributed by atoms with Gasteiger partial charge in [-0.15, -0.1) is 0 Å². The second-order valence-corrected chi connectivity index (χ2v) is 6.43. The minimum absolute atomic E-state index is 0. The summed E-state index contributed by atoms with van der Waals surface area (Å²) in [6, 6.07) is 10.5. The fourth-order valence-corrected chi connectivity index (χ4v) is 2.99. The number of aryl methyl sites for hydroxylation is 4. The van der Waals surface area contributed by atoms with Gasteiger partial charge in [0.25, 0.3) is 0 Å². The van der Waals surface area contributed by atoms with E-state index in [1.807, 2.05) is 26.0 Å². The second kappa shape index (κ2) is 7.67. The molecule has 0 fully saturated rings. The predicted molar refractivity (Wildman–Crippen MR) is 80.7 cm³/mol. The van der Waals surface area contributed by atoms with Crippen LogP contribution in [0.5, 0.6) is 11.5 Å². The summed E-state index contributed by atoms with van der Waals surface area (Å²) < 4.78 is 22.1. The molecule has 112 valence electrons. The molecule has 0 atom stereocenters. The molecule has 0 heterocycles. The summed E-state index contributed by atoms with van der Waals surface area (Å²) in [5, 5.41) is 0. The Kier molecular flexibility index (Phi) is 6.72. The quantitative estimate of drug-likeness (QED) is 0.617. The van der Waals surface area contributed by atoms with Gasteiger partial charge in [-0.05, 0) is 51.0 Å². The minimum atomic E-state index is -4.47. The maximum absolute atomic E-state index is 12.0. The van der Waals surface area contributed by atoms with Crippen molar-refractivity contribution in [2.45, 2.75) is 27.7 Å². The third-order valence-corrected chi connectivity index (χ3v) is 3.92. The normalized spacial score (nSPS) is 10.8. The molecular weight excluding hydrogens is 310 g/mol. The fraction of sp³-hybridized carbons (Fsp3) is 0.250. The Hall–Kier alpha value is -0.770. The molecule has 2 rings (SSSR count). The third-order valence-electron chi connectivity index (χ3n) is 3.08. The van der Waals surface area contributed by atoms with Crippen LogP contribution in [0.25, 0.3) is 0 Å². The molecular formula is C16H18NaO4P. The van der Waals surface area contributed by atoms with Crippen LogP contribution >= 0.6 is 7.82 Å². The number of hydrogen-bond donors (Lipinski definition) is 0. The molecule has 0 aliphatic carbocycles. The van der Waals surface area contributed by atoms with E-state index in [1.165, 1.54) is 0 Å². The van der Waals surface area contributed by atoms with Crippen LogP contribution in [0.4, 0.5) is 0 Å². The maximum Gasteiger partial charge on any atom is 1.00 e. The van der Waals surface area contributed by atoms with Crippen molar-refractivity contribution in [3.05, 3.63) is 58.7 Å². The average Bonchev–Trinajstić information content (AvgIpc) is 2.36. The predicted octanol–water partition coefficient (Wildman–Crippen LogP) is 0.850. The average molecular weight is 328 g/mol. The molecule has 0 aliphatic rings. The SMILES string of the molecule is Cc1ccc(OP(=O)([O-])Oc2ccc(C)cc2C)c(C)c1.[Na+]. The zero-order valence-electron chi connectivity index (χ0n) is 13.5. The molecule has 6 heteroatoms. The molecule has 0 unspecified atom stereocenters. The van der Waals surface area contributed by atoms with Crippen LogP contribution in [0.1, 0.15) is 22.3 Å². The van der Waals surface area contributed by atoms with Gasteiger partial charge < -0.3 is 13.9 Å². The fourth-order valence-electron chi connectivity index (χ4n) is 2.06. The number of rotatable bonds is 4. The van der Waals surface area contributed by atoms with Crippen molar-refractivity contribution in [1.29, 1.82) is 0 Å². The van der Waals surface area contributed by atoms with Gasteiger partial charge in [0.2, 0.25) is 0 Å². The Balaban J connectivity index is 0.00000242. The van der Waals surface area contributed by atoms with E-state index in [2.05, 4.69) is 0 Å². The Bertz CT molecular complexity index is 658. The first kappa shape index (κ1) is 19.3. The van der Waals surface area contributed by atoms with Gasteiger partial charge in [0, 0.05) is 0 Å². The van der Waals surface area contributed by atoms with E-state index in [1.54, 1.807) is 38.1 Å². The Labute approximate surface area is 153 Å². The van der Waals surface area contributed by atoms with E-state index in [0.717, 1.165) is 22.3 Å². The van der Waals surface area contributed by atoms with Crippen molar-refractivity contribution in [2.24, 2.45) is 0 Å². The molecule has 0 saturated heterocycles. The first-order valence-electron chi connectivity index (χ1n) is 6.61. The standard InChI is InChI=1S/C16H19O4P.Na/c1-11-5-7-15(13(3)9-11)19-21(17,18)20-16-8-6-12(2)10-14(16)4;/h5-10H,1-4H3,(H,17,18);/q;+1/p-1. The summed E-state index contributed by atoms with van der Waals surface area (Å²) in [4.78, 5) is 12.0. The molecule has 0 N–H and O–H groups in total. The van der Waals surface area contributed by atoms with Gasteiger partial charge in [0.05, 0.1) is 0 Å². The molecule has 2 aromatic carbocycles. The van der Waals surface area contributed by atoms with E-state index < -0.39 is 7.82 Å². The van der Waals surface area contributed by atoms with Crippen molar-refractivity contribution in [2.75, 3.05) is 0 Å². The Morgan fingerprint density at radius 3 is 1.50 bits per heavy atom. The van der Waals surface area contributed by atoms with E-state index >= 15 is 0 Å². The summed E-state index contributed by atoms with van der Waals surface area (Å²) in [6.45, 7) is 7.44. The number of phosphoric acid groups is 1. The first-order chi connectivity index (χ1) is 9.77. The van der Waals surface area contributed by atoms with Crippen molar-refractivity contribution in [1.82, 2.24) is 0 Å². The molecule has 0 radical (unpaired) electrons. The molecule has 0 amide bonds. The van der Waals surface area contributed by atoms with E-state index in [-0.39, 0.29) is 41.1 Å².